The Bertz CT molecular complexity index is 1380. The van der Waals surface area contributed by atoms with E-state index >= 15 is 0 Å². The second-order valence-corrected chi connectivity index (χ2v) is 10.7. The van der Waals surface area contributed by atoms with E-state index in [1.165, 1.54) is 41.2 Å². The summed E-state index contributed by atoms with van der Waals surface area (Å²) >= 11 is 0. The third kappa shape index (κ3) is 3.32. The molecule has 0 unspecified atom stereocenters. The largest absolute Gasteiger partial charge is 0.378 e. The monoisotopic (exact) mass is 468 g/mol. The molecule has 2 aliphatic heterocycles. The number of benzene rings is 2. The van der Waals surface area contributed by atoms with E-state index in [9.17, 15) is 0 Å². The summed E-state index contributed by atoms with van der Waals surface area (Å²) in [4.78, 5) is 7.75. The van der Waals surface area contributed by atoms with E-state index < -0.39 is 0 Å². The van der Waals surface area contributed by atoms with Gasteiger partial charge < -0.3 is 19.5 Å². The van der Waals surface area contributed by atoms with E-state index in [1.807, 2.05) is 6.20 Å². The Labute approximate surface area is 205 Å². The molecule has 3 aliphatic rings. The minimum Gasteiger partial charge on any atom is -0.378 e. The maximum atomic E-state index is 5.53. The zero-order chi connectivity index (χ0) is 23.6. The third-order valence-corrected chi connectivity index (χ3v) is 8.44. The lowest BCUT2D eigenvalue weighted by Crippen LogP contribution is -2.59. The number of hydrogen-bond acceptors (Lipinski definition) is 5. The lowest BCUT2D eigenvalue weighted by Gasteiger charge is -2.54. The first kappa shape index (κ1) is 21.1. The molecular weight excluding hydrogens is 436 g/mol. The lowest BCUT2D eigenvalue weighted by molar-refractivity contribution is 0.0321. The lowest BCUT2D eigenvalue weighted by atomic mass is 9.58. The average molecular weight is 469 g/mol. The number of fused-ring (bicyclic) bond motifs is 1. The van der Waals surface area contributed by atoms with Crippen LogP contribution in [0.25, 0.3) is 33.4 Å². The van der Waals surface area contributed by atoms with Crippen LogP contribution in [-0.2, 0) is 11.8 Å². The minimum absolute atomic E-state index is 0.511. The number of hydrogen-bond donors (Lipinski definition) is 2. The maximum absolute atomic E-state index is 5.53. The minimum atomic E-state index is 0.511. The van der Waals surface area contributed by atoms with Crippen molar-refractivity contribution in [3.8, 4) is 22.5 Å². The number of morpholine rings is 1. The van der Waals surface area contributed by atoms with Crippen molar-refractivity contribution in [3.63, 3.8) is 0 Å². The van der Waals surface area contributed by atoms with Gasteiger partial charge in [-0.1, -0.05) is 18.2 Å². The number of nitrogens with zero attached hydrogens (tertiary/aromatic N) is 4. The molecule has 1 spiro atoms. The summed E-state index contributed by atoms with van der Waals surface area (Å²) in [5.74, 6) is 1.73. The van der Waals surface area contributed by atoms with Crippen LogP contribution >= 0.6 is 0 Å². The molecule has 4 aromatic rings. The van der Waals surface area contributed by atoms with Gasteiger partial charge in [-0.25, -0.2) is 4.98 Å². The molecule has 0 atom stereocenters. The highest BCUT2D eigenvalue weighted by Gasteiger charge is 2.50. The molecular formula is C28H32N6O. The fourth-order valence-corrected chi connectivity index (χ4v) is 6.40. The predicted octanol–water partition coefficient (Wildman–Crippen LogP) is 4.24. The molecule has 1 saturated carbocycles. The van der Waals surface area contributed by atoms with Crippen LogP contribution in [0.4, 0.5) is 5.69 Å². The molecule has 2 aromatic carbocycles. The van der Waals surface area contributed by atoms with E-state index in [1.54, 1.807) is 0 Å². The molecule has 3 fully saturated rings. The van der Waals surface area contributed by atoms with Crippen LogP contribution in [-0.4, -0.2) is 59.1 Å². The van der Waals surface area contributed by atoms with Gasteiger partial charge in [-0.05, 0) is 48.9 Å². The summed E-state index contributed by atoms with van der Waals surface area (Å²) in [5, 5.41) is 12.1. The number of aryl methyl sites for hydroxylation is 1. The summed E-state index contributed by atoms with van der Waals surface area (Å²) < 4.78 is 7.90. The highest BCUT2D eigenvalue weighted by molar-refractivity contribution is 5.98. The third-order valence-electron chi connectivity index (χ3n) is 8.44. The van der Waals surface area contributed by atoms with Crippen molar-refractivity contribution >= 4 is 16.6 Å². The molecule has 0 radical (unpaired) electrons. The fraction of sp³-hybridized carbons (Fsp3) is 0.429. The number of nitrogens with one attached hydrogen (secondary N) is 2. The van der Waals surface area contributed by atoms with Gasteiger partial charge in [0.25, 0.3) is 0 Å². The molecule has 7 nitrogen and oxygen atoms in total. The van der Waals surface area contributed by atoms with Gasteiger partial charge in [-0.3, -0.25) is 5.10 Å². The van der Waals surface area contributed by atoms with Gasteiger partial charge in [0.1, 0.15) is 5.82 Å². The second-order valence-electron chi connectivity index (χ2n) is 10.7. The van der Waals surface area contributed by atoms with Gasteiger partial charge in [-0.15, -0.1) is 0 Å². The van der Waals surface area contributed by atoms with Gasteiger partial charge in [0.05, 0.1) is 36.3 Å². The summed E-state index contributed by atoms with van der Waals surface area (Å²) in [6.07, 6.45) is 4.41. The van der Waals surface area contributed by atoms with Crippen LogP contribution in [0.15, 0.2) is 42.6 Å². The van der Waals surface area contributed by atoms with E-state index in [0.29, 0.717) is 11.3 Å². The summed E-state index contributed by atoms with van der Waals surface area (Å²) in [7, 11) is 2.20. The standard InChI is InChI=1S/C28H32N6O/c1-18-3-8-23-22(15-30-32-23)24(18)26-25(19-4-6-21(7-5-19)34-9-11-35-12-10-34)31-27(33(26)2)20-13-28(14-20)16-29-17-28/h3-8,15,20,29H,9-14,16-17H2,1-2H3,(H,30,32). The number of rotatable bonds is 4. The van der Waals surface area contributed by atoms with Gasteiger partial charge in [0.2, 0.25) is 0 Å². The quantitative estimate of drug-likeness (QED) is 0.469. The first-order valence-corrected chi connectivity index (χ1v) is 12.8. The molecule has 35 heavy (non-hydrogen) atoms. The highest BCUT2D eigenvalue weighted by Crippen LogP contribution is 2.54. The van der Waals surface area contributed by atoms with E-state index in [0.717, 1.165) is 61.6 Å². The number of anilines is 1. The molecule has 7 heteroatoms. The van der Waals surface area contributed by atoms with Crippen LogP contribution in [0.3, 0.4) is 0 Å². The van der Waals surface area contributed by atoms with Crippen LogP contribution < -0.4 is 10.2 Å². The first-order valence-electron chi connectivity index (χ1n) is 12.8. The van der Waals surface area contributed by atoms with E-state index in [-0.39, 0.29) is 0 Å². The normalized spacial score (nSPS) is 19.8. The molecule has 7 rings (SSSR count). The van der Waals surface area contributed by atoms with Crippen LogP contribution in [0, 0.1) is 12.3 Å². The average Bonchev–Trinajstić information content (AvgIpc) is 3.43. The Morgan fingerprint density at radius 3 is 2.51 bits per heavy atom. The Kier molecular flexibility index (Phi) is 4.79. The highest BCUT2D eigenvalue weighted by atomic mass is 16.5. The van der Waals surface area contributed by atoms with Crippen LogP contribution in [0.2, 0.25) is 0 Å². The molecule has 1 aliphatic carbocycles. The van der Waals surface area contributed by atoms with Crippen LogP contribution in [0.5, 0.6) is 0 Å². The summed E-state index contributed by atoms with van der Waals surface area (Å²) in [6.45, 7) is 7.98. The molecule has 2 saturated heterocycles. The van der Waals surface area contributed by atoms with Crippen molar-refractivity contribution < 1.29 is 4.74 Å². The van der Waals surface area contributed by atoms with Gasteiger partial charge in [-0.2, -0.15) is 5.10 Å². The summed E-state index contributed by atoms with van der Waals surface area (Å²) in [6, 6.07) is 13.3. The predicted molar refractivity (Wildman–Crippen MR) is 139 cm³/mol. The van der Waals surface area contributed by atoms with Crippen molar-refractivity contribution in [1.82, 2.24) is 25.1 Å². The zero-order valence-corrected chi connectivity index (χ0v) is 20.5. The number of H-pyrrole nitrogens is 1. The topological polar surface area (TPSA) is 71.0 Å². The van der Waals surface area contributed by atoms with Crippen molar-refractivity contribution in [1.29, 1.82) is 0 Å². The van der Waals surface area contributed by atoms with E-state index in [2.05, 4.69) is 75.4 Å². The first-order chi connectivity index (χ1) is 17.1. The molecule has 2 aromatic heterocycles. The number of imidazole rings is 1. The SMILES string of the molecule is Cc1ccc2[nH]ncc2c1-c1c(-c2ccc(N3CCOCC3)cc2)nc(C2CC3(CNC3)C2)n1C. The van der Waals surface area contributed by atoms with Crippen molar-refractivity contribution in [3.05, 3.63) is 54.0 Å². The smallest absolute Gasteiger partial charge is 0.112 e. The Hall–Kier alpha value is -3.16. The molecule has 4 heterocycles. The second kappa shape index (κ2) is 7.93. The molecule has 0 amide bonds. The fourth-order valence-electron chi connectivity index (χ4n) is 6.40. The molecule has 2 N–H and O–H groups in total. The zero-order valence-electron chi connectivity index (χ0n) is 20.5. The number of ether oxygens (including phenoxy) is 1. The number of aromatic nitrogens is 4. The Morgan fingerprint density at radius 1 is 1.03 bits per heavy atom. The van der Waals surface area contributed by atoms with Gasteiger partial charge in [0.15, 0.2) is 0 Å². The Morgan fingerprint density at radius 2 is 1.80 bits per heavy atom. The van der Waals surface area contributed by atoms with Gasteiger partial charge in [0, 0.05) is 61.3 Å². The van der Waals surface area contributed by atoms with Crippen molar-refractivity contribution in [2.24, 2.45) is 12.5 Å². The molecule has 180 valence electrons. The summed E-state index contributed by atoms with van der Waals surface area (Å²) in [5.41, 5.74) is 8.72. The van der Waals surface area contributed by atoms with Crippen molar-refractivity contribution in [2.45, 2.75) is 25.7 Å². The van der Waals surface area contributed by atoms with E-state index in [4.69, 9.17) is 9.72 Å². The van der Waals surface area contributed by atoms with Crippen molar-refractivity contribution in [2.75, 3.05) is 44.3 Å². The van der Waals surface area contributed by atoms with Crippen LogP contribution in [0.1, 0.15) is 30.1 Å². The Balaban J connectivity index is 1.34. The maximum Gasteiger partial charge on any atom is 0.112 e. The number of aromatic amines is 1. The molecule has 0 bridgehead atoms. The van der Waals surface area contributed by atoms with Gasteiger partial charge >= 0.3 is 0 Å².